The van der Waals surface area contributed by atoms with Gasteiger partial charge in [0.15, 0.2) is 5.84 Å². The van der Waals surface area contributed by atoms with Crippen LogP contribution >= 0.6 is 0 Å². The molecule has 0 aliphatic heterocycles. The van der Waals surface area contributed by atoms with Crippen molar-refractivity contribution in [2.75, 3.05) is 5.32 Å². The summed E-state index contributed by atoms with van der Waals surface area (Å²) in [7, 11) is 0. The summed E-state index contributed by atoms with van der Waals surface area (Å²) < 4.78 is 0. The lowest BCUT2D eigenvalue weighted by Gasteiger charge is -2.08. The van der Waals surface area contributed by atoms with Crippen LogP contribution in [0.15, 0.2) is 29.4 Å². The summed E-state index contributed by atoms with van der Waals surface area (Å²) in [6.07, 6.45) is 0. The van der Waals surface area contributed by atoms with E-state index >= 15 is 0 Å². The van der Waals surface area contributed by atoms with Crippen molar-refractivity contribution in [2.24, 2.45) is 11.0 Å². The molecule has 16 heavy (non-hydrogen) atoms. The first-order valence-electron chi connectivity index (χ1n) is 4.89. The maximum absolute atomic E-state index is 8.65. The van der Waals surface area contributed by atoms with Gasteiger partial charge >= 0.3 is 0 Å². The molecular weight excluding hydrogens is 200 g/mol. The van der Waals surface area contributed by atoms with E-state index in [1.807, 2.05) is 19.9 Å². The molecule has 0 radical (unpaired) electrons. The molecule has 1 aromatic rings. The molecule has 4 heteroatoms. The molecular formula is C12H12N4. The average molecular weight is 212 g/mol. The molecule has 4 nitrogen and oxygen atoms in total. The molecule has 0 spiro atoms. The summed E-state index contributed by atoms with van der Waals surface area (Å²) in [4.78, 5) is 3.01. The summed E-state index contributed by atoms with van der Waals surface area (Å²) in [5.41, 5.74) is 1.44. The minimum atomic E-state index is 0.157. The van der Waals surface area contributed by atoms with Gasteiger partial charge in [-0.2, -0.15) is 11.8 Å². The summed E-state index contributed by atoms with van der Waals surface area (Å²) >= 11 is 0. The second kappa shape index (κ2) is 5.53. The van der Waals surface area contributed by atoms with Crippen molar-refractivity contribution in [3.05, 3.63) is 41.4 Å². The van der Waals surface area contributed by atoms with E-state index in [0.29, 0.717) is 11.4 Å². The zero-order valence-corrected chi connectivity index (χ0v) is 9.23. The largest absolute Gasteiger partial charge is 0.338 e. The van der Waals surface area contributed by atoms with Crippen LogP contribution in [0.3, 0.4) is 0 Å². The van der Waals surface area contributed by atoms with Crippen LogP contribution in [0.5, 0.6) is 0 Å². The van der Waals surface area contributed by atoms with Gasteiger partial charge < -0.3 is 5.32 Å². The molecule has 0 aromatic heterocycles. The van der Waals surface area contributed by atoms with Crippen molar-refractivity contribution in [1.82, 2.24) is 0 Å². The van der Waals surface area contributed by atoms with Crippen LogP contribution < -0.4 is 5.32 Å². The predicted octanol–water partition coefficient (Wildman–Crippen LogP) is 2.86. The number of amidine groups is 1. The van der Waals surface area contributed by atoms with Crippen LogP contribution in [0, 0.1) is 23.8 Å². The SMILES string of the molecule is [C-]#[N+]/N=C(\Nc1ccc(C#N)cc1)C(C)C. The van der Waals surface area contributed by atoms with E-state index in [-0.39, 0.29) is 5.92 Å². The highest BCUT2D eigenvalue weighted by Crippen LogP contribution is 2.11. The first kappa shape index (κ1) is 11.7. The molecule has 0 heterocycles. The molecule has 1 aromatic carbocycles. The van der Waals surface area contributed by atoms with E-state index in [2.05, 4.69) is 15.4 Å². The van der Waals surface area contributed by atoms with Crippen LogP contribution in [-0.4, -0.2) is 5.84 Å². The highest BCUT2D eigenvalue weighted by atomic mass is 15.2. The Morgan fingerprint density at radius 3 is 2.50 bits per heavy atom. The monoisotopic (exact) mass is 212 g/mol. The Kier molecular flexibility index (Phi) is 4.06. The average Bonchev–Trinajstić information content (AvgIpc) is 2.29. The van der Waals surface area contributed by atoms with Gasteiger partial charge in [-0.25, -0.2) is 0 Å². The number of hydrogen-bond acceptors (Lipinski definition) is 2. The smallest absolute Gasteiger partial charge is 0.192 e. The van der Waals surface area contributed by atoms with E-state index in [9.17, 15) is 0 Å². The third kappa shape index (κ3) is 3.11. The van der Waals surface area contributed by atoms with Crippen LogP contribution in [-0.2, 0) is 0 Å². The molecule has 1 rings (SSSR count). The molecule has 0 aliphatic rings. The van der Waals surface area contributed by atoms with Crippen LogP contribution in [0.1, 0.15) is 19.4 Å². The van der Waals surface area contributed by atoms with Crippen molar-refractivity contribution in [1.29, 1.82) is 5.26 Å². The van der Waals surface area contributed by atoms with Crippen molar-refractivity contribution < 1.29 is 0 Å². The van der Waals surface area contributed by atoms with Crippen LogP contribution in [0.2, 0.25) is 0 Å². The van der Waals surface area contributed by atoms with Gasteiger partial charge in [-0.1, -0.05) is 13.8 Å². The summed E-state index contributed by atoms with van der Waals surface area (Å²) in [5, 5.41) is 15.4. The summed E-state index contributed by atoms with van der Waals surface area (Å²) in [6, 6.07) is 9.07. The summed E-state index contributed by atoms with van der Waals surface area (Å²) in [6.45, 7) is 10.6. The third-order valence-corrected chi connectivity index (χ3v) is 1.99. The van der Waals surface area contributed by atoms with Crippen molar-refractivity contribution in [2.45, 2.75) is 13.8 Å². The second-order valence-corrected chi connectivity index (χ2v) is 3.55. The van der Waals surface area contributed by atoms with Crippen LogP contribution in [0.4, 0.5) is 5.69 Å². The number of rotatable bonds is 2. The number of nitriles is 1. The van der Waals surface area contributed by atoms with Crippen LogP contribution in [0.25, 0.3) is 4.95 Å². The molecule has 0 amide bonds. The number of hydrogen-bond donors (Lipinski definition) is 1. The van der Waals surface area contributed by atoms with Gasteiger partial charge in [0.1, 0.15) is 5.10 Å². The maximum Gasteiger partial charge on any atom is 0.192 e. The fourth-order valence-electron chi connectivity index (χ4n) is 1.11. The molecule has 1 N–H and O–H groups in total. The first-order chi connectivity index (χ1) is 7.67. The second-order valence-electron chi connectivity index (χ2n) is 3.55. The lowest BCUT2D eigenvalue weighted by atomic mass is 10.2. The molecule has 0 saturated carbocycles. The Hall–Kier alpha value is -2.33. The molecule has 0 atom stereocenters. The predicted molar refractivity (Wildman–Crippen MR) is 63.7 cm³/mol. The Morgan fingerprint density at radius 1 is 1.44 bits per heavy atom. The minimum absolute atomic E-state index is 0.157. The standard InChI is InChI=1S/C12H12N4/c1-9(2)12(16-14-3)15-11-6-4-10(8-13)5-7-11/h4-7,9H,1-2H3,(H,15,16). The molecule has 0 aliphatic carbocycles. The number of benzene rings is 1. The molecule has 0 unspecified atom stereocenters. The zero-order valence-electron chi connectivity index (χ0n) is 9.23. The Morgan fingerprint density at radius 2 is 2.06 bits per heavy atom. The van der Waals surface area contributed by atoms with Gasteiger partial charge in [0.05, 0.1) is 11.6 Å². The molecule has 0 fully saturated rings. The highest BCUT2D eigenvalue weighted by molar-refractivity contribution is 5.96. The molecule has 0 bridgehead atoms. The van der Waals surface area contributed by atoms with E-state index in [1.165, 1.54) is 0 Å². The molecule has 0 saturated heterocycles. The zero-order chi connectivity index (χ0) is 12.0. The Balaban J connectivity index is 2.84. The van der Waals surface area contributed by atoms with Gasteiger partial charge in [-0.3, -0.25) is 0 Å². The van der Waals surface area contributed by atoms with Gasteiger partial charge in [0.2, 0.25) is 0 Å². The van der Waals surface area contributed by atoms with Gasteiger partial charge in [0, 0.05) is 11.6 Å². The fourth-order valence-corrected chi connectivity index (χ4v) is 1.11. The quantitative estimate of drug-likeness (QED) is 0.354. The van der Waals surface area contributed by atoms with Crippen molar-refractivity contribution in [3.63, 3.8) is 0 Å². The van der Waals surface area contributed by atoms with Gasteiger partial charge in [-0.15, -0.1) is 4.95 Å². The Labute approximate surface area is 95.0 Å². The maximum atomic E-state index is 8.65. The van der Waals surface area contributed by atoms with Crippen molar-refractivity contribution in [3.8, 4) is 6.07 Å². The topological polar surface area (TPSA) is 52.5 Å². The van der Waals surface area contributed by atoms with E-state index < -0.39 is 0 Å². The Bertz CT molecular complexity index is 457. The number of nitrogens with zero attached hydrogens (tertiary/aromatic N) is 3. The molecule has 80 valence electrons. The fraction of sp³-hybridized carbons (Fsp3) is 0.250. The van der Waals surface area contributed by atoms with E-state index in [4.69, 9.17) is 11.8 Å². The van der Waals surface area contributed by atoms with E-state index in [1.54, 1.807) is 24.3 Å². The first-order valence-corrected chi connectivity index (χ1v) is 4.89. The summed E-state index contributed by atoms with van der Waals surface area (Å²) in [5.74, 6) is 0.782. The van der Waals surface area contributed by atoms with Gasteiger partial charge in [0.25, 0.3) is 0 Å². The number of anilines is 1. The van der Waals surface area contributed by atoms with E-state index in [0.717, 1.165) is 5.69 Å². The highest BCUT2D eigenvalue weighted by Gasteiger charge is 2.08. The minimum Gasteiger partial charge on any atom is -0.338 e. The number of nitrogens with one attached hydrogen (secondary N) is 1. The van der Waals surface area contributed by atoms with Gasteiger partial charge in [-0.05, 0) is 24.3 Å². The third-order valence-electron chi connectivity index (χ3n) is 1.99. The lowest BCUT2D eigenvalue weighted by molar-refractivity contribution is 0.880. The lowest BCUT2D eigenvalue weighted by Crippen LogP contribution is -2.17. The normalized spacial score (nSPS) is 10.7. The van der Waals surface area contributed by atoms with Crippen molar-refractivity contribution >= 4 is 11.5 Å².